The Morgan fingerprint density at radius 3 is 2.20 bits per heavy atom. The molecule has 0 amide bonds. The summed E-state index contributed by atoms with van der Waals surface area (Å²) in [6.45, 7) is 3.46. The molecule has 4 aliphatic rings. The predicted octanol–water partition coefficient (Wildman–Crippen LogP) is 5.20. The minimum absolute atomic E-state index is 0.0735. The summed E-state index contributed by atoms with van der Waals surface area (Å²) in [5, 5.41) is 42.9. The number of ether oxygens (including phenoxy) is 3. The second-order valence-electron chi connectivity index (χ2n) is 12.4. The molecule has 4 N–H and O–H groups in total. The van der Waals surface area contributed by atoms with E-state index in [1.807, 2.05) is 13.0 Å². The highest BCUT2D eigenvalue weighted by Gasteiger charge is 2.43. The smallest absolute Gasteiger partial charge is 0.169 e. The molecule has 0 bridgehead atoms. The molecule has 0 aromatic heterocycles. The first-order valence-electron chi connectivity index (χ1n) is 15.1. The highest BCUT2D eigenvalue weighted by molar-refractivity contribution is 6.36. The molecular formula is C35H34N2O7. The van der Waals surface area contributed by atoms with Gasteiger partial charge in [-0.05, 0) is 32.1 Å². The van der Waals surface area contributed by atoms with Crippen LogP contribution in [0.15, 0.2) is 28.8 Å². The number of nitrogens with one attached hydrogen (secondary N) is 1. The highest BCUT2D eigenvalue weighted by atomic mass is 16.5. The van der Waals surface area contributed by atoms with Crippen LogP contribution in [0.2, 0.25) is 0 Å². The Kier molecular flexibility index (Phi) is 5.69. The summed E-state index contributed by atoms with van der Waals surface area (Å²) in [6.07, 6.45) is 6.23. The van der Waals surface area contributed by atoms with Crippen molar-refractivity contribution in [1.82, 2.24) is 5.32 Å². The van der Waals surface area contributed by atoms with Gasteiger partial charge in [0.15, 0.2) is 11.5 Å². The van der Waals surface area contributed by atoms with Gasteiger partial charge in [-0.1, -0.05) is 24.5 Å². The predicted molar refractivity (Wildman–Crippen MR) is 169 cm³/mol. The first-order chi connectivity index (χ1) is 21.2. The van der Waals surface area contributed by atoms with Gasteiger partial charge < -0.3 is 29.5 Å². The molecule has 9 nitrogen and oxygen atoms in total. The van der Waals surface area contributed by atoms with Crippen LogP contribution in [0.25, 0.3) is 37.9 Å². The first-order valence-corrected chi connectivity index (χ1v) is 15.1. The van der Waals surface area contributed by atoms with Gasteiger partial charge in [-0.2, -0.15) is 0 Å². The molecule has 0 radical (unpaired) electrons. The number of benzene rings is 4. The van der Waals surface area contributed by atoms with E-state index in [1.54, 1.807) is 13.2 Å². The third kappa shape index (κ3) is 3.22. The quantitative estimate of drug-likeness (QED) is 0.187. The summed E-state index contributed by atoms with van der Waals surface area (Å²) >= 11 is 0. The van der Waals surface area contributed by atoms with E-state index in [9.17, 15) is 20.1 Å². The Morgan fingerprint density at radius 2 is 1.52 bits per heavy atom. The average Bonchev–Trinajstić information content (AvgIpc) is 3.14. The fourth-order valence-electron chi connectivity index (χ4n) is 8.58. The van der Waals surface area contributed by atoms with Crippen LogP contribution in [0.3, 0.4) is 0 Å². The number of phenolic OH excluding ortho intramolecular Hbond substituents is 3. The topological polar surface area (TPSA) is 130 Å². The molecule has 8 rings (SSSR count). The summed E-state index contributed by atoms with van der Waals surface area (Å²) in [6, 6.07) is 2.97. The number of nitrogens with zero attached hydrogens (tertiary/aromatic N) is 1. The lowest BCUT2D eigenvalue weighted by molar-refractivity contribution is -0.117. The van der Waals surface area contributed by atoms with E-state index in [0.29, 0.717) is 44.2 Å². The molecule has 1 heterocycles. The van der Waals surface area contributed by atoms with Crippen molar-refractivity contribution in [2.75, 3.05) is 21.3 Å². The fraction of sp³-hybridized carbons (Fsp3) is 0.371. The zero-order chi connectivity index (χ0) is 30.8. The van der Waals surface area contributed by atoms with Crippen LogP contribution in [-0.2, 0) is 4.79 Å². The minimum Gasteiger partial charge on any atom is -0.507 e. The minimum atomic E-state index is -0.746. The molecule has 1 fully saturated rings. The number of hydrogen-bond acceptors (Lipinski definition) is 9. The Balaban J connectivity index is 1.76. The lowest BCUT2D eigenvalue weighted by atomic mass is 9.76. The van der Waals surface area contributed by atoms with Crippen molar-refractivity contribution in [3.8, 4) is 34.5 Å². The third-order valence-electron chi connectivity index (χ3n) is 10.2. The van der Waals surface area contributed by atoms with Crippen LogP contribution in [0.1, 0.15) is 62.6 Å². The molecule has 226 valence electrons. The second kappa shape index (κ2) is 9.25. The number of phenols is 3. The van der Waals surface area contributed by atoms with Crippen LogP contribution in [0, 0.1) is 0 Å². The Labute approximate surface area is 253 Å². The van der Waals surface area contributed by atoms with Gasteiger partial charge in [-0.25, -0.2) is 0 Å². The largest absolute Gasteiger partial charge is 0.507 e. The Morgan fingerprint density at radius 1 is 0.864 bits per heavy atom. The van der Waals surface area contributed by atoms with Crippen molar-refractivity contribution >= 4 is 49.4 Å². The van der Waals surface area contributed by atoms with E-state index >= 15 is 0 Å². The summed E-state index contributed by atoms with van der Waals surface area (Å²) in [5.41, 5.74) is 3.63. The van der Waals surface area contributed by atoms with Gasteiger partial charge in [0.05, 0.1) is 50.4 Å². The number of rotatable bonds is 4. The van der Waals surface area contributed by atoms with Crippen LogP contribution in [-0.4, -0.2) is 60.2 Å². The van der Waals surface area contributed by atoms with Crippen LogP contribution in [0.4, 0.5) is 0 Å². The van der Waals surface area contributed by atoms with E-state index < -0.39 is 12.0 Å². The fourth-order valence-corrected chi connectivity index (χ4v) is 8.58. The van der Waals surface area contributed by atoms with Crippen LogP contribution < -0.4 is 24.7 Å². The molecular weight excluding hydrogens is 560 g/mol. The second-order valence-corrected chi connectivity index (χ2v) is 12.4. The van der Waals surface area contributed by atoms with Gasteiger partial charge >= 0.3 is 0 Å². The number of hydrogen-bond donors (Lipinski definition) is 4. The van der Waals surface area contributed by atoms with Gasteiger partial charge in [0.1, 0.15) is 28.8 Å². The molecule has 4 aromatic rings. The molecule has 4 aromatic carbocycles. The maximum atomic E-state index is 13.5. The number of Topliss-reactive ketones (excluding diaryl/α,β-unsaturated/α-hetero) is 1. The number of carbonyl (C=O) groups excluding carboxylic acids is 1. The third-order valence-corrected chi connectivity index (χ3v) is 10.2. The molecule has 3 aliphatic carbocycles. The van der Waals surface area contributed by atoms with Crippen LogP contribution in [0.5, 0.6) is 34.5 Å². The van der Waals surface area contributed by atoms with Crippen molar-refractivity contribution in [1.29, 1.82) is 0 Å². The number of aromatic hydroxyl groups is 3. The lowest BCUT2D eigenvalue weighted by Gasteiger charge is -2.41. The maximum absolute atomic E-state index is 13.5. The number of methoxy groups -OCH3 is 3. The van der Waals surface area contributed by atoms with Gasteiger partial charge in [0.25, 0.3) is 0 Å². The van der Waals surface area contributed by atoms with E-state index in [0.717, 1.165) is 53.1 Å². The molecule has 44 heavy (non-hydrogen) atoms. The normalized spacial score (nSPS) is 23.7. The standard InChI is InChI=1S/C35H34N2O7/c1-13-10-15-23-28-24(33-32(15)36-16-8-6-7-9-17(16)37-33)18(39)11-20(42-3)26(28)27-21(43-4)12-19(40)25-30(27)29(23)31(22(13)14(2)38)35(44-5)34(25)41/h10-12,16-17,22,33,37,39-41H,6-9H2,1-5H3/t16-,17+,22?,33?/m1/s1. The summed E-state index contributed by atoms with van der Waals surface area (Å²) in [7, 11) is 4.53. The van der Waals surface area contributed by atoms with Gasteiger partial charge in [-0.15, -0.1) is 0 Å². The average molecular weight is 595 g/mol. The van der Waals surface area contributed by atoms with Gasteiger partial charge in [0.2, 0.25) is 0 Å². The maximum Gasteiger partial charge on any atom is 0.169 e. The zero-order valence-electron chi connectivity index (χ0n) is 25.3. The monoisotopic (exact) mass is 594 g/mol. The van der Waals surface area contributed by atoms with Crippen LogP contribution >= 0.6 is 0 Å². The number of allylic oxidation sites excluding steroid dienone is 2. The van der Waals surface area contributed by atoms with Gasteiger partial charge in [-0.3, -0.25) is 15.1 Å². The van der Waals surface area contributed by atoms with Crippen molar-refractivity contribution in [2.45, 2.75) is 63.6 Å². The van der Waals surface area contributed by atoms with Crippen molar-refractivity contribution in [3.63, 3.8) is 0 Å². The lowest BCUT2D eigenvalue weighted by Crippen LogP contribution is -2.51. The number of fused-ring (bicyclic) bond motifs is 5. The Hall–Kier alpha value is -4.50. The highest BCUT2D eigenvalue weighted by Crippen LogP contribution is 2.57. The van der Waals surface area contributed by atoms with E-state index in [1.165, 1.54) is 27.2 Å². The first kappa shape index (κ1) is 27.1. The van der Waals surface area contributed by atoms with E-state index in [4.69, 9.17) is 19.2 Å². The number of carbonyl (C=O) groups is 1. The van der Waals surface area contributed by atoms with Crippen molar-refractivity contribution in [2.24, 2.45) is 4.99 Å². The molecule has 0 saturated heterocycles. The van der Waals surface area contributed by atoms with Gasteiger partial charge in [0, 0.05) is 61.6 Å². The number of ketones is 1. The van der Waals surface area contributed by atoms with E-state index in [-0.39, 0.29) is 46.3 Å². The number of aliphatic imine (C=N–C) groups is 1. The van der Waals surface area contributed by atoms with Crippen molar-refractivity contribution < 1.29 is 34.3 Å². The molecule has 0 spiro atoms. The zero-order valence-corrected chi connectivity index (χ0v) is 25.3. The Bertz CT molecular complexity index is 2110. The summed E-state index contributed by atoms with van der Waals surface area (Å²) < 4.78 is 17.7. The van der Waals surface area contributed by atoms with Crippen molar-refractivity contribution in [3.05, 3.63) is 40.1 Å². The molecule has 2 unspecified atom stereocenters. The summed E-state index contributed by atoms with van der Waals surface area (Å²) in [5.74, 6) is -0.336. The molecule has 4 atom stereocenters. The SMILES string of the molecule is COc1c(O)c2c(O)cc(OC)c3c4c(OC)cc(O)c5c4c4c(c1C(C(C)=O)C(C)=CC=4C1=N[C@@H]4CCCC[C@@H]4NC15)c23. The summed E-state index contributed by atoms with van der Waals surface area (Å²) in [4.78, 5) is 18.9. The molecule has 1 saturated carbocycles. The van der Waals surface area contributed by atoms with E-state index in [2.05, 4.69) is 5.32 Å². The molecule has 1 aliphatic heterocycles. The molecule has 9 heteroatoms.